The fourth-order valence-corrected chi connectivity index (χ4v) is 4.85. The van der Waals surface area contributed by atoms with Gasteiger partial charge in [-0.15, -0.1) is 0 Å². The molecule has 1 fully saturated rings. The first kappa shape index (κ1) is 23.7. The van der Waals surface area contributed by atoms with E-state index in [-0.39, 0.29) is 12.2 Å². The number of hydrogen-bond acceptors (Lipinski definition) is 7. The fourth-order valence-electron chi connectivity index (χ4n) is 4.85. The van der Waals surface area contributed by atoms with E-state index in [1.165, 1.54) is 13.0 Å². The predicted octanol–water partition coefficient (Wildman–Crippen LogP) is 3.54. The van der Waals surface area contributed by atoms with E-state index >= 15 is 0 Å². The molecule has 7 heteroatoms. The van der Waals surface area contributed by atoms with E-state index in [0.29, 0.717) is 16.7 Å². The second kappa shape index (κ2) is 8.52. The average molecular weight is 443 g/mol. The molecule has 0 aromatic carbocycles. The number of ether oxygens (including phenoxy) is 3. The largest absolute Gasteiger partial charge is 0.458 e. The molecule has 0 N–H and O–H groups in total. The van der Waals surface area contributed by atoms with E-state index in [2.05, 4.69) is 0 Å². The van der Waals surface area contributed by atoms with Crippen molar-refractivity contribution in [2.24, 2.45) is 11.8 Å². The molecule has 1 heterocycles. The van der Waals surface area contributed by atoms with E-state index in [0.717, 1.165) is 11.1 Å². The number of fused-ring (bicyclic) bond motifs is 3. The first-order valence-corrected chi connectivity index (χ1v) is 10.8. The minimum atomic E-state index is -1.68. The van der Waals surface area contributed by atoms with Gasteiger partial charge < -0.3 is 14.2 Å². The van der Waals surface area contributed by atoms with Gasteiger partial charge in [0.2, 0.25) is 5.60 Å². The van der Waals surface area contributed by atoms with Crippen molar-refractivity contribution in [3.05, 3.63) is 46.1 Å². The van der Waals surface area contributed by atoms with Gasteiger partial charge in [-0.3, -0.25) is 4.79 Å². The first-order chi connectivity index (χ1) is 14.9. The summed E-state index contributed by atoms with van der Waals surface area (Å²) in [6.45, 7) is 12.0. The van der Waals surface area contributed by atoms with Crippen LogP contribution in [-0.4, -0.2) is 41.5 Å². The van der Waals surface area contributed by atoms with Crippen molar-refractivity contribution in [2.45, 2.75) is 72.7 Å². The van der Waals surface area contributed by atoms with E-state index < -0.39 is 47.6 Å². The zero-order valence-electron chi connectivity index (χ0n) is 19.6. The van der Waals surface area contributed by atoms with Gasteiger partial charge >= 0.3 is 17.9 Å². The maximum atomic E-state index is 13.1. The first-order valence-electron chi connectivity index (χ1n) is 10.8. The molecule has 1 saturated heterocycles. The third-order valence-electron chi connectivity index (χ3n) is 6.49. The Kier molecular flexibility index (Phi) is 6.31. The molecule has 172 valence electrons. The second-order valence-corrected chi connectivity index (χ2v) is 9.19. The number of ketones is 1. The lowest BCUT2D eigenvalue weighted by Crippen LogP contribution is -2.50. The Labute approximate surface area is 188 Å². The van der Waals surface area contributed by atoms with E-state index in [9.17, 15) is 19.2 Å². The van der Waals surface area contributed by atoms with Crippen LogP contribution in [-0.2, 0) is 33.4 Å². The molecule has 5 atom stereocenters. The zero-order valence-corrected chi connectivity index (χ0v) is 19.6. The van der Waals surface area contributed by atoms with Crippen LogP contribution >= 0.6 is 0 Å². The Balaban J connectivity index is 2.11. The number of hydrogen-bond donors (Lipinski definition) is 0. The summed E-state index contributed by atoms with van der Waals surface area (Å²) in [7, 11) is 0. The Bertz CT molecular complexity index is 1010. The highest BCUT2D eigenvalue weighted by atomic mass is 16.6. The molecule has 0 amide bonds. The number of allylic oxidation sites excluding steroid dienone is 3. The van der Waals surface area contributed by atoms with Gasteiger partial charge in [0.1, 0.15) is 12.2 Å². The summed E-state index contributed by atoms with van der Waals surface area (Å²) < 4.78 is 17.3. The van der Waals surface area contributed by atoms with Crippen molar-refractivity contribution in [1.82, 2.24) is 0 Å². The Morgan fingerprint density at radius 3 is 2.44 bits per heavy atom. The maximum Gasteiger partial charge on any atom is 0.351 e. The van der Waals surface area contributed by atoms with Crippen LogP contribution in [0.25, 0.3) is 0 Å². The van der Waals surface area contributed by atoms with E-state index in [4.69, 9.17) is 14.2 Å². The molecule has 0 saturated carbocycles. The smallest absolute Gasteiger partial charge is 0.351 e. The SMILES string of the molecule is C/C=C(/C)C(=O)O[C@H]1CC(C)=C2C(=O)C=C(C)[C@H]2[C@@H]2OC(=O)[C@@](C)(OC(=O)C=C(C)C)[C@@H]21. The highest BCUT2D eigenvalue weighted by Crippen LogP contribution is 2.51. The average Bonchev–Trinajstić information content (AvgIpc) is 3.06. The standard InChI is InChI=1S/C25H30O7/c1-8-13(4)23(28)30-17-11-15(6)19-16(26)10-14(5)20(19)22-21(17)25(7,24(29)31-22)32-18(27)9-12(2)3/h8-10,17,20-22H,11H2,1-7H3/b13-8-/t17-,20+,21+,22-,25-/m0/s1. The van der Waals surface area contributed by atoms with Crippen molar-refractivity contribution in [2.75, 3.05) is 0 Å². The maximum absolute atomic E-state index is 13.1. The second-order valence-electron chi connectivity index (χ2n) is 9.19. The van der Waals surface area contributed by atoms with Gasteiger partial charge in [-0.1, -0.05) is 22.8 Å². The molecule has 0 aromatic heterocycles. The Morgan fingerprint density at radius 2 is 1.84 bits per heavy atom. The number of esters is 3. The van der Waals surface area contributed by atoms with Crippen molar-refractivity contribution in [3.63, 3.8) is 0 Å². The summed E-state index contributed by atoms with van der Waals surface area (Å²) in [6, 6.07) is 0. The highest BCUT2D eigenvalue weighted by Gasteiger charge is 2.65. The van der Waals surface area contributed by atoms with E-state index in [1.54, 1.807) is 39.8 Å². The summed E-state index contributed by atoms with van der Waals surface area (Å²) in [5.74, 6) is -3.30. The normalized spacial score (nSPS) is 31.8. The van der Waals surface area contributed by atoms with Crippen LogP contribution in [0.2, 0.25) is 0 Å². The number of carbonyl (C=O) groups excluding carboxylic acids is 4. The third kappa shape index (κ3) is 3.96. The van der Waals surface area contributed by atoms with Gasteiger partial charge in [0.15, 0.2) is 5.78 Å². The van der Waals surface area contributed by atoms with Crippen LogP contribution < -0.4 is 0 Å². The van der Waals surface area contributed by atoms with Gasteiger partial charge in [0.05, 0.1) is 5.92 Å². The van der Waals surface area contributed by atoms with Crippen molar-refractivity contribution in [3.8, 4) is 0 Å². The molecular weight excluding hydrogens is 412 g/mol. The van der Waals surface area contributed by atoms with Gasteiger partial charge in [0, 0.05) is 29.6 Å². The Hall–Kier alpha value is -2.96. The molecule has 1 aliphatic heterocycles. The van der Waals surface area contributed by atoms with Crippen LogP contribution in [0, 0.1) is 11.8 Å². The monoisotopic (exact) mass is 442 g/mol. The highest BCUT2D eigenvalue weighted by molar-refractivity contribution is 6.09. The quantitative estimate of drug-likeness (QED) is 0.373. The molecule has 32 heavy (non-hydrogen) atoms. The molecule has 3 rings (SSSR count). The molecule has 0 spiro atoms. The van der Waals surface area contributed by atoms with Crippen molar-refractivity contribution >= 4 is 23.7 Å². The van der Waals surface area contributed by atoms with Crippen LogP contribution in [0.3, 0.4) is 0 Å². The summed E-state index contributed by atoms with van der Waals surface area (Å²) in [4.78, 5) is 51.0. The molecule has 3 aliphatic rings. The van der Waals surface area contributed by atoms with Gasteiger partial charge in [-0.2, -0.15) is 0 Å². The lowest BCUT2D eigenvalue weighted by atomic mass is 9.77. The molecule has 0 aromatic rings. The number of rotatable bonds is 4. The summed E-state index contributed by atoms with van der Waals surface area (Å²) >= 11 is 0. The molecule has 0 radical (unpaired) electrons. The minimum Gasteiger partial charge on any atom is -0.458 e. The minimum absolute atomic E-state index is 0.133. The molecule has 7 nitrogen and oxygen atoms in total. The predicted molar refractivity (Wildman–Crippen MR) is 116 cm³/mol. The summed E-state index contributed by atoms with van der Waals surface area (Å²) in [5.41, 5.74) is 1.55. The van der Waals surface area contributed by atoms with Crippen LogP contribution in [0.5, 0.6) is 0 Å². The topological polar surface area (TPSA) is 96.0 Å². The van der Waals surface area contributed by atoms with Crippen LogP contribution in [0.4, 0.5) is 0 Å². The molecule has 0 unspecified atom stereocenters. The van der Waals surface area contributed by atoms with Crippen molar-refractivity contribution in [1.29, 1.82) is 0 Å². The lowest BCUT2D eigenvalue weighted by Gasteiger charge is -2.34. The van der Waals surface area contributed by atoms with Gasteiger partial charge in [-0.05, 0) is 54.5 Å². The molecular formula is C25H30O7. The van der Waals surface area contributed by atoms with Gasteiger partial charge in [-0.25, -0.2) is 14.4 Å². The molecule has 2 aliphatic carbocycles. The summed E-state index contributed by atoms with van der Waals surface area (Å²) in [6.07, 6.45) is 3.09. The van der Waals surface area contributed by atoms with Crippen LogP contribution in [0.15, 0.2) is 46.1 Å². The number of carbonyl (C=O) groups is 4. The zero-order chi connectivity index (χ0) is 24.0. The fraction of sp³-hybridized carbons (Fsp3) is 0.520. The third-order valence-corrected chi connectivity index (χ3v) is 6.49. The lowest BCUT2D eigenvalue weighted by molar-refractivity contribution is -0.174. The summed E-state index contributed by atoms with van der Waals surface area (Å²) in [5, 5.41) is 0. The molecule has 0 bridgehead atoms. The van der Waals surface area contributed by atoms with Crippen LogP contribution in [0.1, 0.15) is 54.9 Å². The van der Waals surface area contributed by atoms with Gasteiger partial charge in [0.25, 0.3) is 0 Å². The van der Waals surface area contributed by atoms with E-state index in [1.807, 2.05) is 13.8 Å². The Morgan fingerprint density at radius 1 is 1.19 bits per heavy atom. The van der Waals surface area contributed by atoms with Crippen molar-refractivity contribution < 1.29 is 33.4 Å².